The number of carboxylic acid groups (broad SMARTS) is 1. The first kappa shape index (κ1) is 45.1. The van der Waals surface area contributed by atoms with Crippen molar-refractivity contribution in [3.05, 3.63) is 5.82 Å². The second kappa shape index (κ2) is 34.0. The van der Waals surface area contributed by atoms with Gasteiger partial charge in [-0.2, -0.15) is 5.21 Å². The van der Waals surface area contributed by atoms with Gasteiger partial charge in [0.1, 0.15) is 18.4 Å². The van der Waals surface area contributed by atoms with E-state index in [-0.39, 0.29) is 31.3 Å². The van der Waals surface area contributed by atoms with Gasteiger partial charge >= 0.3 is 5.97 Å². The van der Waals surface area contributed by atoms with Crippen molar-refractivity contribution in [3.63, 3.8) is 0 Å². The zero-order valence-corrected chi connectivity index (χ0v) is 30.2. The van der Waals surface area contributed by atoms with Crippen LogP contribution in [0.3, 0.4) is 0 Å². The summed E-state index contributed by atoms with van der Waals surface area (Å²) >= 11 is 0. The first-order valence-electron chi connectivity index (χ1n) is 18.5. The number of carbonyl (C=O) groups excluding carboxylic acids is 3. The fourth-order valence-electron chi connectivity index (χ4n) is 4.89. The van der Waals surface area contributed by atoms with E-state index in [9.17, 15) is 19.2 Å². The molecule has 13 nitrogen and oxygen atoms in total. The number of unbranched alkanes of at least 4 members (excludes halogenated alkanes) is 14. The monoisotopic (exact) mass is 682 g/mol. The van der Waals surface area contributed by atoms with Crippen LogP contribution in [0.25, 0.3) is 0 Å². The number of nitrogens with one attached hydrogen (secondary N) is 3. The minimum atomic E-state index is -1.10. The molecule has 1 rings (SSSR count). The Morgan fingerprint density at radius 2 is 1.35 bits per heavy atom. The summed E-state index contributed by atoms with van der Waals surface area (Å²) in [5, 5.41) is 28.3. The number of nitrogens with zero attached hydrogens (tertiary/aromatic N) is 3. The fraction of sp³-hybridized carbons (Fsp3) is 0.857. The van der Waals surface area contributed by atoms with Crippen LogP contribution in [-0.2, 0) is 35.1 Å². The van der Waals surface area contributed by atoms with Gasteiger partial charge in [0, 0.05) is 32.4 Å². The van der Waals surface area contributed by atoms with E-state index in [0.717, 1.165) is 12.2 Å². The molecule has 48 heavy (non-hydrogen) atoms. The van der Waals surface area contributed by atoms with E-state index in [2.05, 4.69) is 38.2 Å². The summed E-state index contributed by atoms with van der Waals surface area (Å²) in [6, 6.07) is -0.981. The highest BCUT2D eigenvalue weighted by atomic mass is 16.5. The first-order valence-corrected chi connectivity index (χ1v) is 18.5. The van der Waals surface area contributed by atoms with Crippen molar-refractivity contribution in [2.75, 3.05) is 33.0 Å². The molecule has 0 aliphatic carbocycles. The number of aliphatic carboxylic acids is 1. The number of hydrogen-bond acceptors (Lipinski definition) is 9. The van der Waals surface area contributed by atoms with Crippen LogP contribution in [0.15, 0.2) is 0 Å². The van der Waals surface area contributed by atoms with Gasteiger partial charge in [-0.1, -0.05) is 103 Å². The van der Waals surface area contributed by atoms with Crippen molar-refractivity contribution in [1.82, 2.24) is 31.3 Å². The van der Waals surface area contributed by atoms with Gasteiger partial charge in [-0.15, -0.1) is 10.2 Å². The Balaban J connectivity index is 0.000000947. The number of aryl methyl sites for hydroxylation is 1. The zero-order valence-electron chi connectivity index (χ0n) is 30.2. The molecule has 2 amide bonds. The summed E-state index contributed by atoms with van der Waals surface area (Å²) in [7, 11) is 0. The van der Waals surface area contributed by atoms with E-state index in [0.29, 0.717) is 51.9 Å². The number of rotatable bonds is 32. The van der Waals surface area contributed by atoms with E-state index in [1.807, 2.05) is 0 Å². The van der Waals surface area contributed by atoms with Crippen LogP contribution in [0.2, 0.25) is 0 Å². The van der Waals surface area contributed by atoms with Crippen LogP contribution in [-0.4, -0.2) is 88.3 Å². The third-order valence-corrected chi connectivity index (χ3v) is 7.76. The second-order valence-electron chi connectivity index (χ2n) is 12.3. The Morgan fingerprint density at radius 3 is 1.90 bits per heavy atom. The van der Waals surface area contributed by atoms with Gasteiger partial charge in [-0.05, 0) is 39.0 Å². The van der Waals surface area contributed by atoms with Crippen molar-refractivity contribution in [2.45, 2.75) is 162 Å². The SMILES string of the molecule is CCC(=O)NCCCCC(NC(=O)COCCOCCCC(C)=O)C(=O)O.CCCCCCCCCCCCCCCCc1nn[nH]n1. The highest BCUT2D eigenvalue weighted by molar-refractivity contribution is 5.84. The molecule has 1 aromatic rings. The van der Waals surface area contributed by atoms with Gasteiger partial charge in [-0.3, -0.25) is 9.59 Å². The molecular formula is C35H66N6O7. The van der Waals surface area contributed by atoms with Gasteiger partial charge in [0.05, 0.1) is 13.2 Å². The normalized spacial score (nSPS) is 11.4. The summed E-state index contributed by atoms with van der Waals surface area (Å²) in [5.41, 5.74) is 0. The Morgan fingerprint density at radius 1 is 0.750 bits per heavy atom. The summed E-state index contributed by atoms with van der Waals surface area (Å²) in [6.07, 6.45) is 23.6. The van der Waals surface area contributed by atoms with E-state index in [4.69, 9.17) is 14.6 Å². The molecule has 13 heteroatoms. The second-order valence-corrected chi connectivity index (χ2v) is 12.3. The quantitative estimate of drug-likeness (QED) is 0.0669. The molecule has 1 atom stereocenters. The minimum Gasteiger partial charge on any atom is -0.480 e. The third kappa shape index (κ3) is 31.7. The lowest BCUT2D eigenvalue weighted by atomic mass is 10.0. The molecule has 0 saturated heterocycles. The van der Waals surface area contributed by atoms with Crippen LogP contribution in [0.4, 0.5) is 0 Å². The number of ether oxygens (including phenoxy) is 2. The van der Waals surface area contributed by atoms with Crippen molar-refractivity contribution in [1.29, 1.82) is 0 Å². The molecule has 0 saturated carbocycles. The summed E-state index contributed by atoms with van der Waals surface area (Å²) < 4.78 is 10.4. The molecular weight excluding hydrogens is 616 g/mol. The number of H-pyrrole nitrogens is 1. The lowest BCUT2D eigenvalue weighted by molar-refractivity contribution is -0.142. The number of aromatic nitrogens is 4. The number of aromatic amines is 1. The molecule has 0 radical (unpaired) electrons. The van der Waals surface area contributed by atoms with Gasteiger partial charge in [0.15, 0.2) is 5.82 Å². The zero-order chi connectivity index (χ0) is 35.5. The van der Waals surface area contributed by atoms with Gasteiger partial charge in [0.25, 0.3) is 0 Å². The highest BCUT2D eigenvalue weighted by Gasteiger charge is 2.19. The lowest BCUT2D eigenvalue weighted by Gasteiger charge is -2.14. The highest BCUT2D eigenvalue weighted by Crippen LogP contribution is 2.13. The number of ketones is 1. The maximum absolute atomic E-state index is 11.8. The van der Waals surface area contributed by atoms with Crippen LogP contribution < -0.4 is 10.6 Å². The van der Waals surface area contributed by atoms with Gasteiger partial charge in [-0.25, -0.2) is 4.79 Å². The predicted octanol–water partition coefficient (Wildman–Crippen LogP) is 5.88. The number of carboxylic acids is 1. The summed E-state index contributed by atoms with van der Waals surface area (Å²) in [4.78, 5) is 44.8. The van der Waals surface area contributed by atoms with E-state index >= 15 is 0 Å². The molecule has 278 valence electrons. The summed E-state index contributed by atoms with van der Waals surface area (Å²) in [5.74, 6) is -0.676. The average Bonchev–Trinajstić information content (AvgIpc) is 3.59. The molecule has 1 unspecified atom stereocenters. The number of carbonyl (C=O) groups is 4. The van der Waals surface area contributed by atoms with Crippen molar-refractivity contribution in [2.24, 2.45) is 0 Å². The van der Waals surface area contributed by atoms with Crippen LogP contribution in [0, 0.1) is 0 Å². The van der Waals surface area contributed by atoms with E-state index in [1.54, 1.807) is 6.92 Å². The van der Waals surface area contributed by atoms with Crippen LogP contribution in [0.5, 0.6) is 0 Å². The molecule has 0 bridgehead atoms. The molecule has 0 aliphatic rings. The minimum absolute atomic E-state index is 0.0435. The fourth-order valence-corrected chi connectivity index (χ4v) is 4.89. The topological polar surface area (TPSA) is 185 Å². The Labute approximate surface area is 288 Å². The molecule has 0 fully saturated rings. The molecule has 0 aliphatic heterocycles. The van der Waals surface area contributed by atoms with Crippen molar-refractivity contribution in [3.8, 4) is 0 Å². The van der Waals surface area contributed by atoms with E-state index in [1.165, 1.54) is 96.8 Å². The summed E-state index contributed by atoms with van der Waals surface area (Å²) in [6.45, 7) is 6.78. The standard InChI is InChI=1S/C18H32N2O7.C17H34N4/c1-3-16(22)19-9-5-4-8-15(18(24)25)20-17(23)13-27-12-11-26-10-6-7-14(2)21;1-2-3-4-5-6-7-8-9-10-11-12-13-14-15-16-17-18-20-21-19-17/h15H,3-13H2,1-2H3,(H,19,22)(H,20,23)(H,24,25);2-16H2,1H3,(H,18,19,20,21). The van der Waals surface area contributed by atoms with Crippen LogP contribution in [0.1, 0.15) is 155 Å². The van der Waals surface area contributed by atoms with Gasteiger partial charge < -0.3 is 30.0 Å². The largest absolute Gasteiger partial charge is 0.480 e. The maximum atomic E-state index is 11.8. The Kier molecular flexibility index (Phi) is 31.9. The number of hydrogen-bond donors (Lipinski definition) is 4. The van der Waals surface area contributed by atoms with Crippen molar-refractivity contribution < 1.29 is 33.8 Å². The van der Waals surface area contributed by atoms with Crippen molar-refractivity contribution >= 4 is 23.6 Å². The number of tetrazole rings is 1. The molecule has 1 heterocycles. The third-order valence-electron chi connectivity index (χ3n) is 7.76. The number of Topliss-reactive ketones (excluding diaryl/α,β-unsaturated/α-hetero) is 1. The smallest absolute Gasteiger partial charge is 0.326 e. The molecule has 0 aromatic carbocycles. The predicted molar refractivity (Wildman–Crippen MR) is 186 cm³/mol. The molecule has 0 spiro atoms. The van der Waals surface area contributed by atoms with Gasteiger partial charge in [0.2, 0.25) is 11.8 Å². The number of amides is 2. The average molecular weight is 683 g/mol. The lowest BCUT2D eigenvalue weighted by Crippen LogP contribution is -2.42. The Hall–Kier alpha value is -2.93. The van der Waals surface area contributed by atoms with E-state index < -0.39 is 17.9 Å². The molecule has 1 aromatic heterocycles. The maximum Gasteiger partial charge on any atom is 0.326 e. The first-order chi connectivity index (χ1) is 23.3. The van der Waals surface area contributed by atoms with Crippen LogP contribution >= 0.6 is 0 Å². The Bertz CT molecular complexity index is 917. The molecule has 4 N–H and O–H groups in total.